The van der Waals surface area contributed by atoms with Gasteiger partial charge < -0.3 is 5.73 Å². The van der Waals surface area contributed by atoms with Crippen molar-refractivity contribution in [2.24, 2.45) is 5.73 Å². The van der Waals surface area contributed by atoms with E-state index in [2.05, 4.69) is 18.7 Å². The summed E-state index contributed by atoms with van der Waals surface area (Å²) in [5.41, 5.74) is 7.43. The number of benzene rings is 1. The molecular formula is C15H22Cl2N2. The van der Waals surface area contributed by atoms with Gasteiger partial charge in [-0.15, -0.1) is 0 Å². The first-order valence-electron chi connectivity index (χ1n) is 6.94. The van der Waals surface area contributed by atoms with Gasteiger partial charge in [-0.25, -0.2) is 0 Å². The van der Waals surface area contributed by atoms with Gasteiger partial charge in [0, 0.05) is 21.6 Å². The molecule has 0 spiro atoms. The highest BCUT2D eigenvalue weighted by atomic mass is 35.5. The first-order valence-corrected chi connectivity index (χ1v) is 7.70. The van der Waals surface area contributed by atoms with Gasteiger partial charge in [0.1, 0.15) is 0 Å². The molecule has 19 heavy (non-hydrogen) atoms. The standard InChI is InChI=1S/C15H22Cl2N2/c1-3-15(2,19-8-4-5-9-19)14(18)12-10-11(16)6-7-13(12)17/h6-7,10,14H,3-5,8-9,18H2,1-2H3. The number of halogens is 2. The third-order valence-corrected chi connectivity index (χ3v) is 5.09. The Labute approximate surface area is 125 Å². The molecule has 2 rings (SSSR count). The number of hydrogen-bond donors (Lipinski definition) is 1. The summed E-state index contributed by atoms with van der Waals surface area (Å²) in [7, 11) is 0. The summed E-state index contributed by atoms with van der Waals surface area (Å²) in [5.74, 6) is 0. The van der Waals surface area contributed by atoms with Gasteiger partial charge in [0.15, 0.2) is 0 Å². The van der Waals surface area contributed by atoms with Crippen LogP contribution < -0.4 is 5.73 Å². The summed E-state index contributed by atoms with van der Waals surface area (Å²) in [6, 6.07) is 5.42. The molecule has 0 aliphatic carbocycles. The number of nitrogens with two attached hydrogens (primary N) is 1. The van der Waals surface area contributed by atoms with Crippen LogP contribution >= 0.6 is 23.2 Å². The van der Waals surface area contributed by atoms with Gasteiger partial charge in [-0.2, -0.15) is 0 Å². The molecule has 2 nitrogen and oxygen atoms in total. The van der Waals surface area contributed by atoms with Crippen LogP contribution in [0.2, 0.25) is 10.0 Å². The van der Waals surface area contributed by atoms with Crippen LogP contribution in [0.25, 0.3) is 0 Å². The lowest BCUT2D eigenvalue weighted by molar-refractivity contribution is 0.100. The van der Waals surface area contributed by atoms with Crippen LogP contribution in [0.5, 0.6) is 0 Å². The molecule has 1 saturated heterocycles. The van der Waals surface area contributed by atoms with Gasteiger partial charge in [-0.05, 0) is 63.0 Å². The molecule has 1 aliphatic rings. The van der Waals surface area contributed by atoms with Crippen molar-refractivity contribution in [1.29, 1.82) is 0 Å². The van der Waals surface area contributed by atoms with Gasteiger partial charge in [-0.3, -0.25) is 4.90 Å². The fourth-order valence-electron chi connectivity index (χ4n) is 2.96. The van der Waals surface area contributed by atoms with E-state index in [0.717, 1.165) is 25.1 Å². The zero-order valence-corrected chi connectivity index (χ0v) is 13.1. The van der Waals surface area contributed by atoms with Gasteiger partial charge in [-0.1, -0.05) is 30.1 Å². The molecule has 0 amide bonds. The SMILES string of the molecule is CCC(C)(C(N)c1cc(Cl)ccc1Cl)N1CCCC1. The highest BCUT2D eigenvalue weighted by Crippen LogP contribution is 2.38. The van der Waals surface area contributed by atoms with Gasteiger partial charge in [0.05, 0.1) is 0 Å². The Kier molecular flexibility index (Phi) is 4.78. The van der Waals surface area contributed by atoms with Crippen molar-refractivity contribution >= 4 is 23.2 Å². The predicted molar refractivity (Wildman–Crippen MR) is 82.9 cm³/mol. The molecule has 0 aromatic heterocycles. The van der Waals surface area contributed by atoms with Crippen molar-refractivity contribution in [3.63, 3.8) is 0 Å². The highest BCUT2D eigenvalue weighted by molar-refractivity contribution is 6.33. The maximum atomic E-state index is 6.55. The molecule has 0 bridgehead atoms. The van der Waals surface area contributed by atoms with Crippen molar-refractivity contribution in [2.45, 2.75) is 44.7 Å². The first-order chi connectivity index (χ1) is 8.99. The molecule has 0 radical (unpaired) electrons. The van der Waals surface area contributed by atoms with E-state index in [4.69, 9.17) is 28.9 Å². The topological polar surface area (TPSA) is 29.3 Å². The van der Waals surface area contributed by atoms with Crippen LogP contribution in [0.3, 0.4) is 0 Å². The molecule has 1 aromatic carbocycles. The van der Waals surface area contributed by atoms with E-state index in [-0.39, 0.29) is 11.6 Å². The van der Waals surface area contributed by atoms with Crippen LogP contribution in [0, 0.1) is 0 Å². The van der Waals surface area contributed by atoms with Gasteiger partial charge in [0.2, 0.25) is 0 Å². The third kappa shape index (κ3) is 2.92. The lowest BCUT2D eigenvalue weighted by Crippen LogP contribution is -2.51. The summed E-state index contributed by atoms with van der Waals surface area (Å²) in [6.45, 7) is 6.67. The van der Waals surface area contributed by atoms with E-state index in [1.165, 1.54) is 12.8 Å². The lowest BCUT2D eigenvalue weighted by Gasteiger charge is -2.43. The average Bonchev–Trinajstić information content (AvgIpc) is 2.94. The van der Waals surface area contributed by atoms with Crippen molar-refractivity contribution in [1.82, 2.24) is 4.90 Å². The minimum Gasteiger partial charge on any atom is -0.322 e. The molecule has 1 fully saturated rings. The Morgan fingerprint density at radius 3 is 2.53 bits per heavy atom. The van der Waals surface area contributed by atoms with E-state index in [0.29, 0.717) is 10.0 Å². The smallest absolute Gasteiger partial charge is 0.0494 e. The minimum atomic E-state index is -0.123. The third-order valence-electron chi connectivity index (χ3n) is 4.51. The Hall–Kier alpha value is -0.280. The average molecular weight is 301 g/mol. The van der Waals surface area contributed by atoms with Crippen molar-refractivity contribution in [3.05, 3.63) is 33.8 Å². The number of rotatable bonds is 4. The summed E-state index contributed by atoms with van der Waals surface area (Å²) < 4.78 is 0. The van der Waals surface area contributed by atoms with Crippen molar-refractivity contribution in [3.8, 4) is 0 Å². The van der Waals surface area contributed by atoms with E-state index >= 15 is 0 Å². The summed E-state index contributed by atoms with van der Waals surface area (Å²) in [5, 5.41) is 1.39. The van der Waals surface area contributed by atoms with E-state index in [9.17, 15) is 0 Å². The maximum absolute atomic E-state index is 6.55. The highest BCUT2D eigenvalue weighted by Gasteiger charge is 2.39. The van der Waals surface area contributed by atoms with Crippen LogP contribution in [-0.4, -0.2) is 23.5 Å². The second-order valence-corrected chi connectivity index (χ2v) is 6.39. The van der Waals surface area contributed by atoms with Crippen molar-refractivity contribution in [2.75, 3.05) is 13.1 Å². The Bertz CT molecular complexity index is 444. The molecule has 2 N–H and O–H groups in total. The Morgan fingerprint density at radius 2 is 1.95 bits per heavy atom. The zero-order chi connectivity index (χ0) is 14.0. The van der Waals surface area contributed by atoms with E-state index in [1.54, 1.807) is 6.07 Å². The quantitative estimate of drug-likeness (QED) is 0.900. The Balaban J connectivity index is 2.34. The molecular weight excluding hydrogens is 279 g/mol. The Morgan fingerprint density at radius 1 is 1.32 bits per heavy atom. The van der Waals surface area contributed by atoms with E-state index in [1.807, 2.05) is 12.1 Å². The molecule has 2 unspecified atom stereocenters. The monoisotopic (exact) mass is 300 g/mol. The fraction of sp³-hybridized carbons (Fsp3) is 0.600. The molecule has 1 heterocycles. The van der Waals surface area contributed by atoms with Crippen LogP contribution in [0.1, 0.15) is 44.7 Å². The molecule has 1 aliphatic heterocycles. The molecule has 0 saturated carbocycles. The van der Waals surface area contributed by atoms with Crippen LogP contribution in [0.4, 0.5) is 0 Å². The second-order valence-electron chi connectivity index (χ2n) is 5.55. The molecule has 2 atom stereocenters. The predicted octanol–water partition coefficient (Wildman–Crippen LogP) is 4.26. The largest absolute Gasteiger partial charge is 0.322 e. The van der Waals surface area contributed by atoms with Crippen LogP contribution in [-0.2, 0) is 0 Å². The molecule has 1 aromatic rings. The fourth-order valence-corrected chi connectivity index (χ4v) is 3.37. The molecule has 106 valence electrons. The maximum Gasteiger partial charge on any atom is 0.0494 e. The summed E-state index contributed by atoms with van der Waals surface area (Å²) in [6.07, 6.45) is 3.51. The zero-order valence-electron chi connectivity index (χ0n) is 11.6. The summed E-state index contributed by atoms with van der Waals surface area (Å²) in [4.78, 5) is 2.49. The van der Waals surface area contributed by atoms with Crippen LogP contribution in [0.15, 0.2) is 18.2 Å². The second kappa shape index (κ2) is 6.01. The lowest BCUT2D eigenvalue weighted by atomic mass is 9.83. The number of nitrogens with zero attached hydrogens (tertiary/aromatic N) is 1. The first kappa shape index (κ1) is 15.1. The summed E-state index contributed by atoms with van der Waals surface area (Å²) >= 11 is 12.4. The molecule has 4 heteroatoms. The number of hydrogen-bond acceptors (Lipinski definition) is 2. The minimum absolute atomic E-state index is 0.0647. The van der Waals surface area contributed by atoms with E-state index < -0.39 is 0 Å². The van der Waals surface area contributed by atoms with Gasteiger partial charge in [0.25, 0.3) is 0 Å². The number of likely N-dealkylation sites (tertiary alicyclic amines) is 1. The normalized spacial score (nSPS) is 21.3. The van der Waals surface area contributed by atoms with Gasteiger partial charge >= 0.3 is 0 Å². The van der Waals surface area contributed by atoms with Crippen molar-refractivity contribution < 1.29 is 0 Å².